The molecule has 152 valence electrons. The zero-order valence-electron chi connectivity index (χ0n) is 17.3. The highest BCUT2D eigenvalue weighted by atomic mass is 16.5. The summed E-state index contributed by atoms with van der Waals surface area (Å²) in [6.45, 7) is 6.86. The van der Waals surface area contributed by atoms with E-state index < -0.39 is 0 Å². The van der Waals surface area contributed by atoms with Gasteiger partial charge in [-0.2, -0.15) is 4.98 Å². The van der Waals surface area contributed by atoms with Gasteiger partial charge in [-0.25, -0.2) is 0 Å². The molecule has 2 heterocycles. The van der Waals surface area contributed by atoms with E-state index in [1.807, 2.05) is 18.2 Å². The molecule has 1 saturated heterocycles. The smallest absolute Gasteiger partial charge is 0.324 e. The average Bonchev–Trinajstić information content (AvgIpc) is 3.23. The molecule has 0 radical (unpaired) electrons. The van der Waals surface area contributed by atoms with Gasteiger partial charge in [-0.15, -0.1) is 0 Å². The van der Waals surface area contributed by atoms with Gasteiger partial charge in [-0.1, -0.05) is 17.3 Å². The van der Waals surface area contributed by atoms with Crippen LogP contribution < -0.4 is 19.3 Å². The molecule has 0 N–H and O–H groups in total. The third-order valence-corrected chi connectivity index (χ3v) is 5.29. The second kappa shape index (κ2) is 8.03. The lowest BCUT2D eigenvalue weighted by Crippen LogP contribution is -2.52. The van der Waals surface area contributed by atoms with E-state index in [-0.39, 0.29) is 0 Å². The molecule has 4 rings (SSSR count). The summed E-state index contributed by atoms with van der Waals surface area (Å²) in [5, 5.41) is 4.18. The molecule has 1 aliphatic rings. The number of methoxy groups -OCH3 is 2. The van der Waals surface area contributed by atoms with Crippen molar-refractivity contribution in [2.24, 2.45) is 0 Å². The summed E-state index contributed by atoms with van der Waals surface area (Å²) in [6.07, 6.45) is 0. The highest BCUT2D eigenvalue weighted by molar-refractivity contribution is 5.66. The van der Waals surface area contributed by atoms with Crippen molar-refractivity contribution >= 4 is 11.7 Å². The minimum Gasteiger partial charge on any atom is -0.497 e. The van der Waals surface area contributed by atoms with Gasteiger partial charge in [0.05, 0.1) is 19.8 Å². The van der Waals surface area contributed by atoms with Crippen molar-refractivity contribution in [2.75, 3.05) is 43.7 Å². The number of anilines is 2. The molecule has 0 amide bonds. The Bertz CT molecular complexity index is 988. The van der Waals surface area contributed by atoms with Crippen LogP contribution in [0, 0.1) is 6.92 Å². The van der Waals surface area contributed by atoms with E-state index in [4.69, 9.17) is 14.0 Å². The monoisotopic (exact) mass is 394 g/mol. The summed E-state index contributed by atoms with van der Waals surface area (Å²) < 4.78 is 16.4. The van der Waals surface area contributed by atoms with Crippen molar-refractivity contribution in [1.82, 2.24) is 10.1 Å². The Balaban J connectivity index is 1.53. The number of ether oxygens (including phenoxy) is 2. The number of benzene rings is 2. The van der Waals surface area contributed by atoms with E-state index in [2.05, 4.69) is 58.1 Å². The van der Waals surface area contributed by atoms with Gasteiger partial charge in [0, 0.05) is 31.4 Å². The minimum atomic E-state index is 0.326. The summed E-state index contributed by atoms with van der Waals surface area (Å²) in [7, 11) is 3.25. The Kier molecular flexibility index (Phi) is 5.29. The molecule has 1 aromatic heterocycles. The van der Waals surface area contributed by atoms with Crippen molar-refractivity contribution in [2.45, 2.75) is 19.9 Å². The van der Waals surface area contributed by atoms with E-state index in [0.29, 0.717) is 29.4 Å². The van der Waals surface area contributed by atoms with Gasteiger partial charge >= 0.3 is 6.01 Å². The third-order valence-electron chi connectivity index (χ3n) is 5.29. The van der Waals surface area contributed by atoms with Gasteiger partial charge in [-0.3, -0.25) is 0 Å². The number of nitrogens with zero attached hydrogens (tertiary/aromatic N) is 4. The largest absolute Gasteiger partial charge is 0.497 e. The van der Waals surface area contributed by atoms with Gasteiger partial charge in [0.25, 0.3) is 0 Å². The maximum atomic E-state index is 5.59. The molecule has 1 unspecified atom stereocenters. The van der Waals surface area contributed by atoms with Crippen LogP contribution in [0.25, 0.3) is 11.4 Å². The molecule has 7 heteroatoms. The molecule has 7 nitrogen and oxygen atoms in total. The standard InChI is InChI=1S/C22H26N4O3/c1-15-6-5-7-17(12-15)26-11-10-25(14-16(26)2)22-23-21(24-29-22)19-13-18(27-3)8-9-20(19)28-4/h5-9,12-13,16H,10-11,14H2,1-4H3. The van der Waals surface area contributed by atoms with E-state index in [1.54, 1.807) is 14.2 Å². The van der Waals surface area contributed by atoms with Crippen LogP contribution in [-0.4, -0.2) is 50.0 Å². The summed E-state index contributed by atoms with van der Waals surface area (Å²) >= 11 is 0. The lowest BCUT2D eigenvalue weighted by atomic mass is 10.1. The van der Waals surface area contributed by atoms with Crippen LogP contribution in [0.1, 0.15) is 12.5 Å². The molecule has 3 aromatic rings. The Labute approximate surface area is 170 Å². The summed E-state index contributed by atoms with van der Waals surface area (Å²) in [4.78, 5) is 9.19. The second-order valence-corrected chi connectivity index (χ2v) is 7.29. The average molecular weight is 394 g/mol. The normalized spacial score (nSPS) is 16.8. The molecule has 0 aliphatic carbocycles. The highest BCUT2D eigenvalue weighted by Crippen LogP contribution is 2.33. The van der Waals surface area contributed by atoms with Crippen LogP contribution in [0.3, 0.4) is 0 Å². The van der Waals surface area contributed by atoms with E-state index >= 15 is 0 Å². The van der Waals surface area contributed by atoms with Gasteiger partial charge in [0.1, 0.15) is 11.5 Å². The topological polar surface area (TPSA) is 63.9 Å². The van der Waals surface area contributed by atoms with Gasteiger partial charge in [0.2, 0.25) is 5.82 Å². The van der Waals surface area contributed by atoms with Crippen LogP contribution in [0.15, 0.2) is 47.0 Å². The number of piperazine rings is 1. The van der Waals surface area contributed by atoms with Gasteiger partial charge in [-0.05, 0) is 49.7 Å². The van der Waals surface area contributed by atoms with Gasteiger partial charge in [0.15, 0.2) is 0 Å². The first kappa shape index (κ1) is 19.1. The Morgan fingerprint density at radius 3 is 2.66 bits per heavy atom. The van der Waals surface area contributed by atoms with E-state index in [9.17, 15) is 0 Å². The lowest BCUT2D eigenvalue weighted by Gasteiger charge is -2.40. The fraction of sp³-hybridized carbons (Fsp3) is 0.364. The SMILES string of the molecule is COc1ccc(OC)c(-c2noc(N3CCN(c4cccc(C)c4)C(C)C3)n2)c1. The van der Waals surface area contributed by atoms with Crippen LogP contribution in [-0.2, 0) is 0 Å². The predicted molar refractivity (Wildman–Crippen MR) is 113 cm³/mol. The van der Waals surface area contributed by atoms with Crippen molar-refractivity contribution in [3.8, 4) is 22.9 Å². The predicted octanol–water partition coefficient (Wildman–Crippen LogP) is 3.78. The zero-order valence-corrected chi connectivity index (χ0v) is 17.3. The molecule has 1 fully saturated rings. The second-order valence-electron chi connectivity index (χ2n) is 7.29. The zero-order chi connectivity index (χ0) is 20.4. The first-order chi connectivity index (χ1) is 14.1. The van der Waals surface area contributed by atoms with Crippen molar-refractivity contribution < 1.29 is 14.0 Å². The molecule has 2 aromatic carbocycles. The molecular weight excluding hydrogens is 368 g/mol. The number of rotatable bonds is 5. The van der Waals surface area contributed by atoms with E-state index in [1.165, 1.54) is 11.3 Å². The maximum absolute atomic E-state index is 5.59. The number of hydrogen-bond acceptors (Lipinski definition) is 7. The highest BCUT2D eigenvalue weighted by Gasteiger charge is 2.27. The summed E-state index contributed by atoms with van der Waals surface area (Å²) in [5.74, 6) is 1.88. The Morgan fingerprint density at radius 2 is 1.93 bits per heavy atom. The van der Waals surface area contributed by atoms with E-state index in [0.717, 1.165) is 25.2 Å². The molecule has 29 heavy (non-hydrogen) atoms. The van der Waals surface area contributed by atoms with Crippen LogP contribution >= 0.6 is 0 Å². The maximum Gasteiger partial charge on any atom is 0.324 e. The Morgan fingerprint density at radius 1 is 1.07 bits per heavy atom. The van der Waals surface area contributed by atoms with Crippen LogP contribution in [0.2, 0.25) is 0 Å². The summed E-state index contributed by atoms with van der Waals surface area (Å²) in [6, 6.07) is 15.0. The number of hydrogen-bond donors (Lipinski definition) is 0. The minimum absolute atomic E-state index is 0.326. The number of aromatic nitrogens is 2. The first-order valence-electron chi connectivity index (χ1n) is 9.73. The molecule has 0 bridgehead atoms. The molecule has 1 aliphatic heterocycles. The fourth-order valence-corrected chi connectivity index (χ4v) is 3.76. The lowest BCUT2D eigenvalue weighted by molar-refractivity contribution is 0.397. The van der Waals surface area contributed by atoms with Crippen molar-refractivity contribution in [3.05, 3.63) is 48.0 Å². The Hall–Kier alpha value is -3.22. The molecular formula is C22H26N4O3. The molecule has 0 spiro atoms. The first-order valence-corrected chi connectivity index (χ1v) is 9.73. The third kappa shape index (κ3) is 3.85. The van der Waals surface area contributed by atoms with Crippen LogP contribution in [0.5, 0.6) is 11.5 Å². The quantitative estimate of drug-likeness (QED) is 0.652. The number of aryl methyl sites for hydroxylation is 1. The van der Waals surface area contributed by atoms with Crippen LogP contribution in [0.4, 0.5) is 11.7 Å². The summed E-state index contributed by atoms with van der Waals surface area (Å²) in [5.41, 5.74) is 3.27. The fourth-order valence-electron chi connectivity index (χ4n) is 3.76. The molecule has 0 saturated carbocycles. The van der Waals surface area contributed by atoms with Crippen molar-refractivity contribution in [3.63, 3.8) is 0 Å². The molecule has 1 atom stereocenters. The van der Waals surface area contributed by atoms with Gasteiger partial charge < -0.3 is 23.8 Å². The van der Waals surface area contributed by atoms with Crippen molar-refractivity contribution in [1.29, 1.82) is 0 Å².